The highest BCUT2D eigenvalue weighted by atomic mass is 16.4. The molecule has 0 unspecified atom stereocenters. The Morgan fingerprint density at radius 1 is 1.43 bits per heavy atom. The summed E-state index contributed by atoms with van der Waals surface area (Å²) < 4.78 is 0. The fourth-order valence-corrected chi connectivity index (χ4v) is 2.36. The molecular formula is C11H21NO2. The fraction of sp³-hybridized carbons (Fsp3) is 0.909. The minimum absolute atomic E-state index is 0.0850. The van der Waals surface area contributed by atoms with Crippen LogP contribution >= 0.6 is 0 Å². The predicted octanol–water partition coefficient (Wildman–Crippen LogP) is 1.97. The van der Waals surface area contributed by atoms with Crippen LogP contribution in [0.15, 0.2) is 0 Å². The maximum absolute atomic E-state index is 10.8. The Morgan fingerprint density at radius 2 is 1.93 bits per heavy atom. The van der Waals surface area contributed by atoms with E-state index in [-0.39, 0.29) is 12.0 Å². The summed E-state index contributed by atoms with van der Waals surface area (Å²) in [5, 5.41) is 8.92. The number of nitrogens with zero attached hydrogens (tertiary/aromatic N) is 1. The Balaban J connectivity index is 2.68. The second-order valence-corrected chi connectivity index (χ2v) is 4.87. The van der Waals surface area contributed by atoms with Crippen molar-refractivity contribution in [3.63, 3.8) is 0 Å². The zero-order valence-electron chi connectivity index (χ0n) is 9.42. The number of hydrogen-bond acceptors (Lipinski definition) is 2. The third-order valence-electron chi connectivity index (χ3n) is 3.63. The lowest BCUT2D eigenvalue weighted by Gasteiger charge is -2.43. The molecule has 0 aliphatic heterocycles. The van der Waals surface area contributed by atoms with Crippen LogP contribution in [0.2, 0.25) is 0 Å². The molecule has 0 spiro atoms. The van der Waals surface area contributed by atoms with E-state index < -0.39 is 5.97 Å². The largest absolute Gasteiger partial charge is 0.481 e. The van der Waals surface area contributed by atoms with Crippen molar-refractivity contribution in [2.24, 2.45) is 5.92 Å². The van der Waals surface area contributed by atoms with Gasteiger partial charge in [-0.25, -0.2) is 0 Å². The minimum Gasteiger partial charge on any atom is -0.481 e. The Kier molecular flexibility index (Phi) is 3.53. The van der Waals surface area contributed by atoms with Gasteiger partial charge < -0.3 is 10.0 Å². The normalized spacial score (nSPS) is 33.3. The molecule has 0 atom stereocenters. The van der Waals surface area contributed by atoms with E-state index in [4.69, 9.17) is 5.11 Å². The van der Waals surface area contributed by atoms with Gasteiger partial charge in [0.05, 0.1) is 6.42 Å². The van der Waals surface area contributed by atoms with Gasteiger partial charge in [0, 0.05) is 5.54 Å². The molecule has 1 fully saturated rings. The lowest BCUT2D eigenvalue weighted by molar-refractivity contribution is -0.141. The molecule has 0 radical (unpaired) electrons. The van der Waals surface area contributed by atoms with Crippen molar-refractivity contribution >= 4 is 5.97 Å². The van der Waals surface area contributed by atoms with E-state index in [9.17, 15) is 4.79 Å². The number of hydrogen-bond donors (Lipinski definition) is 1. The standard InChI is InChI=1S/C11H21NO2/c1-9-4-6-11(7-5-9,12(2)3)8-10(13)14/h9H,4-8H2,1-3H3,(H,13,14). The first-order valence-electron chi connectivity index (χ1n) is 5.35. The molecule has 0 saturated heterocycles. The molecule has 0 aromatic carbocycles. The molecule has 1 aliphatic rings. The highest BCUT2D eigenvalue weighted by molar-refractivity contribution is 5.68. The third kappa shape index (κ3) is 2.47. The van der Waals surface area contributed by atoms with Crippen LogP contribution in [-0.2, 0) is 4.79 Å². The molecule has 0 heterocycles. The number of rotatable bonds is 3. The van der Waals surface area contributed by atoms with E-state index >= 15 is 0 Å². The molecule has 0 aromatic rings. The van der Waals surface area contributed by atoms with Gasteiger partial charge in [0.25, 0.3) is 0 Å². The quantitative estimate of drug-likeness (QED) is 0.755. The first-order chi connectivity index (χ1) is 6.46. The summed E-state index contributed by atoms with van der Waals surface area (Å²) in [5.74, 6) is 0.0881. The van der Waals surface area contributed by atoms with Crippen molar-refractivity contribution in [3.05, 3.63) is 0 Å². The van der Waals surface area contributed by atoms with Crippen LogP contribution in [0.4, 0.5) is 0 Å². The lowest BCUT2D eigenvalue weighted by atomic mass is 9.74. The fourth-order valence-electron chi connectivity index (χ4n) is 2.36. The van der Waals surface area contributed by atoms with Gasteiger partial charge in [0.15, 0.2) is 0 Å². The molecular weight excluding hydrogens is 178 g/mol. The average Bonchev–Trinajstić information content (AvgIpc) is 2.08. The van der Waals surface area contributed by atoms with Crippen LogP contribution in [-0.4, -0.2) is 35.6 Å². The van der Waals surface area contributed by atoms with Gasteiger partial charge in [-0.2, -0.15) is 0 Å². The molecule has 1 N–H and O–H groups in total. The van der Waals surface area contributed by atoms with Crippen molar-refractivity contribution < 1.29 is 9.90 Å². The second kappa shape index (κ2) is 4.30. The first kappa shape index (κ1) is 11.5. The SMILES string of the molecule is CC1CCC(CC(=O)O)(N(C)C)CC1. The van der Waals surface area contributed by atoms with Crippen LogP contribution < -0.4 is 0 Å². The molecule has 0 amide bonds. The molecule has 1 rings (SSSR count). The van der Waals surface area contributed by atoms with Gasteiger partial charge >= 0.3 is 5.97 Å². The number of carboxylic acids is 1. The van der Waals surface area contributed by atoms with Crippen LogP contribution in [0.25, 0.3) is 0 Å². The van der Waals surface area contributed by atoms with Gasteiger partial charge in [-0.3, -0.25) is 4.79 Å². The van der Waals surface area contributed by atoms with Crippen molar-refractivity contribution in [1.82, 2.24) is 4.90 Å². The van der Waals surface area contributed by atoms with Crippen LogP contribution in [0.3, 0.4) is 0 Å². The van der Waals surface area contributed by atoms with Crippen molar-refractivity contribution in [3.8, 4) is 0 Å². The number of carbonyl (C=O) groups is 1. The average molecular weight is 199 g/mol. The van der Waals surface area contributed by atoms with E-state index in [2.05, 4.69) is 11.8 Å². The summed E-state index contributed by atoms with van der Waals surface area (Å²) in [5.41, 5.74) is -0.0850. The summed E-state index contributed by atoms with van der Waals surface area (Å²) in [4.78, 5) is 12.9. The summed E-state index contributed by atoms with van der Waals surface area (Å²) in [6.07, 6.45) is 4.64. The summed E-state index contributed by atoms with van der Waals surface area (Å²) in [6.45, 7) is 2.25. The summed E-state index contributed by atoms with van der Waals surface area (Å²) in [7, 11) is 4.00. The van der Waals surface area contributed by atoms with E-state index in [0.29, 0.717) is 0 Å². The van der Waals surface area contributed by atoms with E-state index in [1.807, 2.05) is 14.1 Å². The first-order valence-corrected chi connectivity index (χ1v) is 5.35. The Labute approximate surface area is 86.1 Å². The zero-order chi connectivity index (χ0) is 10.8. The molecule has 0 bridgehead atoms. The van der Waals surface area contributed by atoms with Crippen LogP contribution in [0.5, 0.6) is 0 Å². The van der Waals surface area contributed by atoms with Crippen molar-refractivity contribution in [2.75, 3.05) is 14.1 Å². The van der Waals surface area contributed by atoms with Gasteiger partial charge in [0.2, 0.25) is 0 Å². The molecule has 0 aromatic heterocycles. The van der Waals surface area contributed by atoms with Crippen LogP contribution in [0.1, 0.15) is 39.0 Å². The van der Waals surface area contributed by atoms with Crippen LogP contribution in [0, 0.1) is 5.92 Å². The Hall–Kier alpha value is -0.570. The third-order valence-corrected chi connectivity index (χ3v) is 3.63. The smallest absolute Gasteiger partial charge is 0.305 e. The molecule has 3 nitrogen and oxygen atoms in total. The van der Waals surface area contributed by atoms with Gasteiger partial charge in [-0.1, -0.05) is 6.92 Å². The van der Waals surface area contributed by atoms with E-state index in [1.165, 1.54) is 0 Å². The summed E-state index contributed by atoms with van der Waals surface area (Å²) >= 11 is 0. The highest BCUT2D eigenvalue weighted by Crippen LogP contribution is 2.37. The van der Waals surface area contributed by atoms with Gasteiger partial charge in [-0.05, 0) is 45.7 Å². The van der Waals surface area contributed by atoms with E-state index in [1.54, 1.807) is 0 Å². The molecule has 1 saturated carbocycles. The number of aliphatic carboxylic acids is 1. The predicted molar refractivity (Wildman–Crippen MR) is 56.3 cm³/mol. The molecule has 1 aliphatic carbocycles. The maximum Gasteiger partial charge on any atom is 0.305 e. The monoisotopic (exact) mass is 199 g/mol. The lowest BCUT2D eigenvalue weighted by Crippen LogP contribution is -2.48. The van der Waals surface area contributed by atoms with Crippen molar-refractivity contribution in [2.45, 2.75) is 44.6 Å². The Morgan fingerprint density at radius 3 is 2.29 bits per heavy atom. The van der Waals surface area contributed by atoms with Gasteiger partial charge in [0.1, 0.15) is 0 Å². The number of carboxylic acid groups (broad SMARTS) is 1. The maximum atomic E-state index is 10.8. The van der Waals surface area contributed by atoms with Crippen molar-refractivity contribution in [1.29, 1.82) is 0 Å². The zero-order valence-corrected chi connectivity index (χ0v) is 9.42. The van der Waals surface area contributed by atoms with E-state index in [0.717, 1.165) is 31.6 Å². The van der Waals surface area contributed by atoms with Gasteiger partial charge in [-0.15, -0.1) is 0 Å². The Bertz CT molecular complexity index is 205. The minimum atomic E-state index is -0.673. The topological polar surface area (TPSA) is 40.5 Å². The summed E-state index contributed by atoms with van der Waals surface area (Å²) in [6, 6.07) is 0. The molecule has 82 valence electrons. The highest BCUT2D eigenvalue weighted by Gasteiger charge is 2.37. The second-order valence-electron chi connectivity index (χ2n) is 4.87. The molecule has 14 heavy (non-hydrogen) atoms. The molecule has 3 heteroatoms.